The van der Waals surface area contributed by atoms with E-state index in [1.54, 1.807) is 0 Å². The van der Waals surface area contributed by atoms with Gasteiger partial charge in [0.15, 0.2) is 6.10 Å². The number of carbonyl (C=O) groups is 2. The van der Waals surface area contributed by atoms with Crippen LogP contribution in [0.4, 0.5) is 0 Å². The van der Waals surface area contributed by atoms with Gasteiger partial charge in [-0.15, -0.1) is 0 Å². The molecule has 0 aromatic carbocycles. The molecule has 0 aliphatic heterocycles. The summed E-state index contributed by atoms with van der Waals surface area (Å²) >= 11 is 0. The lowest BCUT2D eigenvalue weighted by Crippen LogP contribution is -2.37. The second-order valence-corrected chi connectivity index (χ2v) is 17.5. The van der Waals surface area contributed by atoms with E-state index in [0.717, 1.165) is 83.5 Å². The fourth-order valence-electron chi connectivity index (χ4n) is 5.71. The number of ether oxygens (including phenoxy) is 2. The number of carbonyl (C=O) groups excluding carboxylic acids is 2. The summed E-state index contributed by atoms with van der Waals surface area (Å²) in [5.74, 6) is -0.928. The SMILES string of the molecule is CCCCC/C=C\C/C=C\CCCCCCCC(=O)O[C@H](COC(=O)CCCCCCC[C@@H](O)[C@H](O)C/C=C\CCCCC)COP(=O)(O)OCC[N+](C)(C)C. The first-order valence-corrected chi connectivity index (χ1v) is 23.4. The predicted octanol–water partition coefficient (Wildman–Crippen LogP) is 10.1. The number of esters is 2. The predicted molar refractivity (Wildman–Crippen MR) is 227 cm³/mol. The van der Waals surface area contributed by atoms with Crippen LogP contribution in [-0.2, 0) is 32.7 Å². The Hall–Kier alpha value is -1.85. The molecule has 0 radical (unpaired) electrons. The smallest absolute Gasteiger partial charge is 0.462 e. The van der Waals surface area contributed by atoms with E-state index in [1.807, 2.05) is 27.2 Å². The van der Waals surface area contributed by atoms with Gasteiger partial charge in [-0.3, -0.25) is 18.6 Å². The Labute approximate surface area is 341 Å². The fraction of sp³-hybridized carbons (Fsp3) is 0.818. The minimum Gasteiger partial charge on any atom is -0.462 e. The highest BCUT2D eigenvalue weighted by molar-refractivity contribution is 7.47. The van der Waals surface area contributed by atoms with E-state index < -0.39 is 44.7 Å². The number of aliphatic hydroxyl groups excluding tert-OH is 2. The lowest BCUT2D eigenvalue weighted by Gasteiger charge is -2.24. The molecule has 0 fully saturated rings. The highest BCUT2D eigenvalue weighted by Crippen LogP contribution is 2.43. The van der Waals surface area contributed by atoms with Gasteiger partial charge in [0.05, 0.1) is 40.0 Å². The highest BCUT2D eigenvalue weighted by Gasteiger charge is 2.27. The number of nitrogens with zero attached hydrogens (tertiary/aromatic N) is 1. The normalized spacial score (nSPS) is 15.1. The zero-order valence-corrected chi connectivity index (χ0v) is 37.0. The quantitative estimate of drug-likeness (QED) is 0.0180. The third kappa shape index (κ3) is 37.7. The Morgan fingerprint density at radius 3 is 1.73 bits per heavy atom. The van der Waals surface area contributed by atoms with Gasteiger partial charge in [-0.25, -0.2) is 4.57 Å². The Bertz CT molecular complexity index is 1090. The number of hydrogen-bond acceptors (Lipinski definition) is 9. The first-order valence-electron chi connectivity index (χ1n) is 21.9. The van der Waals surface area contributed by atoms with Crippen LogP contribution in [0, 0.1) is 0 Å². The molecule has 0 spiro atoms. The Kier molecular flexibility index (Phi) is 35.0. The molecule has 0 heterocycles. The van der Waals surface area contributed by atoms with Crippen LogP contribution in [0.1, 0.15) is 168 Å². The molecule has 12 heteroatoms. The average Bonchev–Trinajstić information content (AvgIpc) is 3.14. The first kappa shape index (κ1) is 54.2. The molecular formula is C44H83NO10P+. The second-order valence-electron chi connectivity index (χ2n) is 16.0. The van der Waals surface area contributed by atoms with E-state index in [2.05, 4.69) is 44.2 Å². The van der Waals surface area contributed by atoms with Crippen LogP contribution in [0.25, 0.3) is 0 Å². The molecule has 0 bridgehead atoms. The van der Waals surface area contributed by atoms with E-state index in [1.165, 1.54) is 32.1 Å². The topological polar surface area (TPSA) is 149 Å². The molecule has 3 N–H and O–H groups in total. The first-order chi connectivity index (χ1) is 26.8. The molecule has 11 nitrogen and oxygen atoms in total. The monoisotopic (exact) mass is 817 g/mol. The summed E-state index contributed by atoms with van der Waals surface area (Å²) in [6, 6.07) is 0. The molecule has 0 saturated carbocycles. The number of hydrogen-bond donors (Lipinski definition) is 3. The molecule has 0 aromatic rings. The number of allylic oxidation sites excluding steroid dienone is 5. The maximum Gasteiger partial charge on any atom is 0.472 e. The number of phosphoric ester groups is 1. The van der Waals surface area contributed by atoms with Crippen molar-refractivity contribution in [2.75, 3.05) is 47.5 Å². The van der Waals surface area contributed by atoms with Crippen molar-refractivity contribution in [3.05, 3.63) is 36.5 Å². The standard InChI is InChI=1S/C44H82NO10P/c1-6-8-10-12-14-15-16-17-18-19-20-21-22-26-31-35-44(49)55-40(39-54-56(50,51)53-37-36-45(3,4)5)38-52-43(48)34-30-27-23-25-29-33-42(47)41(46)32-28-24-13-11-9-7-2/h14-15,17-18,24,28,40-42,46-47H,6-13,16,19-23,25-27,29-39H2,1-5H3/p+1/b15-14-,18-17-,28-24-/t40-,41-,42-/m1/s1. The number of quaternary nitrogens is 1. The van der Waals surface area contributed by atoms with Gasteiger partial charge in [-0.05, 0) is 70.6 Å². The molecule has 0 rings (SSSR count). The lowest BCUT2D eigenvalue weighted by atomic mass is 10.0. The van der Waals surface area contributed by atoms with Crippen molar-refractivity contribution in [1.82, 2.24) is 0 Å². The van der Waals surface area contributed by atoms with Crippen molar-refractivity contribution in [2.24, 2.45) is 0 Å². The fourth-order valence-corrected chi connectivity index (χ4v) is 6.45. The van der Waals surface area contributed by atoms with Crippen molar-refractivity contribution < 1.29 is 52.3 Å². The van der Waals surface area contributed by atoms with Gasteiger partial charge >= 0.3 is 19.8 Å². The minimum absolute atomic E-state index is 0.00291. The Morgan fingerprint density at radius 2 is 1.14 bits per heavy atom. The van der Waals surface area contributed by atoms with Crippen LogP contribution in [0.5, 0.6) is 0 Å². The maximum atomic E-state index is 12.7. The van der Waals surface area contributed by atoms with Gasteiger partial charge in [0, 0.05) is 12.8 Å². The molecular weight excluding hydrogens is 733 g/mol. The van der Waals surface area contributed by atoms with E-state index in [4.69, 9.17) is 18.5 Å². The Balaban J connectivity index is 4.51. The van der Waals surface area contributed by atoms with Crippen LogP contribution in [-0.4, -0.2) is 97.3 Å². The van der Waals surface area contributed by atoms with Gasteiger partial charge in [0.2, 0.25) is 0 Å². The molecule has 0 aliphatic carbocycles. The van der Waals surface area contributed by atoms with Gasteiger partial charge in [-0.1, -0.05) is 121 Å². The summed E-state index contributed by atoms with van der Waals surface area (Å²) < 4.78 is 34.2. The van der Waals surface area contributed by atoms with Crippen LogP contribution in [0.15, 0.2) is 36.5 Å². The van der Waals surface area contributed by atoms with Gasteiger partial charge in [0.25, 0.3) is 0 Å². The zero-order valence-electron chi connectivity index (χ0n) is 36.1. The molecule has 1 unspecified atom stereocenters. The largest absolute Gasteiger partial charge is 0.472 e. The summed E-state index contributed by atoms with van der Waals surface area (Å²) in [7, 11) is 1.38. The lowest BCUT2D eigenvalue weighted by molar-refractivity contribution is -0.870. The minimum atomic E-state index is -4.41. The van der Waals surface area contributed by atoms with E-state index in [0.29, 0.717) is 36.7 Å². The van der Waals surface area contributed by atoms with Crippen LogP contribution in [0.2, 0.25) is 0 Å². The van der Waals surface area contributed by atoms with E-state index in [9.17, 15) is 29.3 Å². The van der Waals surface area contributed by atoms with Crippen molar-refractivity contribution in [3.8, 4) is 0 Å². The average molecular weight is 817 g/mol. The number of unbranched alkanes of at least 4 members (excludes halogenated alkanes) is 15. The van der Waals surface area contributed by atoms with Crippen molar-refractivity contribution in [3.63, 3.8) is 0 Å². The zero-order chi connectivity index (χ0) is 41.8. The highest BCUT2D eigenvalue weighted by atomic mass is 31.2. The molecule has 4 atom stereocenters. The summed E-state index contributed by atoms with van der Waals surface area (Å²) in [6.07, 6.45) is 32.1. The third-order valence-corrected chi connectivity index (χ3v) is 10.3. The third-order valence-electron chi connectivity index (χ3n) is 9.34. The summed E-state index contributed by atoms with van der Waals surface area (Å²) in [6.45, 7) is 4.13. The number of likely N-dealkylation sites (N-methyl/N-ethyl adjacent to an activating group) is 1. The van der Waals surface area contributed by atoms with Crippen LogP contribution < -0.4 is 0 Å². The van der Waals surface area contributed by atoms with Gasteiger partial charge in [0.1, 0.15) is 19.8 Å². The maximum absolute atomic E-state index is 12.7. The second kappa shape index (κ2) is 36.2. The van der Waals surface area contributed by atoms with Crippen molar-refractivity contribution >= 4 is 19.8 Å². The molecule has 328 valence electrons. The summed E-state index contributed by atoms with van der Waals surface area (Å²) in [4.78, 5) is 35.4. The number of aliphatic hydroxyl groups is 2. The van der Waals surface area contributed by atoms with Crippen molar-refractivity contribution in [1.29, 1.82) is 0 Å². The van der Waals surface area contributed by atoms with E-state index in [-0.39, 0.29) is 26.1 Å². The van der Waals surface area contributed by atoms with Crippen LogP contribution >= 0.6 is 7.82 Å². The molecule has 56 heavy (non-hydrogen) atoms. The molecule has 0 aromatic heterocycles. The summed E-state index contributed by atoms with van der Waals surface area (Å²) in [5, 5.41) is 20.4. The molecule has 0 saturated heterocycles. The molecule has 0 aliphatic rings. The van der Waals surface area contributed by atoms with Crippen LogP contribution in [0.3, 0.4) is 0 Å². The van der Waals surface area contributed by atoms with E-state index >= 15 is 0 Å². The molecule has 0 amide bonds. The number of phosphoric acid groups is 1. The van der Waals surface area contributed by atoms with Gasteiger partial charge in [-0.2, -0.15) is 0 Å². The van der Waals surface area contributed by atoms with Gasteiger partial charge < -0.3 is 29.1 Å². The Morgan fingerprint density at radius 1 is 0.625 bits per heavy atom. The number of rotatable bonds is 39. The summed E-state index contributed by atoms with van der Waals surface area (Å²) in [5.41, 5.74) is 0. The van der Waals surface area contributed by atoms with Crippen molar-refractivity contribution in [2.45, 2.75) is 186 Å².